The second-order valence-corrected chi connectivity index (χ2v) is 7.35. The summed E-state index contributed by atoms with van der Waals surface area (Å²) in [7, 11) is 1.51. The van der Waals surface area contributed by atoms with Gasteiger partial charge in [0.25, 0.3) is 5.91 Å². The first-order chi connectivity index (χ1) is 15.5. The van der Waals surface area contributed by atoms with Crippen molar-refractivity contribution in [3.63, 3.8) is 0 Å². The quantitative estimate of drug-likeness (QED) is 0.328. The molecule has 170 valence electrons. The molecule has 32 heavy (non-hydrogen) atoms. The maximum absolute atomic E-state index is 12.7. The third-order valence-corrected chi connectivity index (χ3v) is 5.01. The lowest BCUT2D eigenvalue weighted by atomic mass is 10.1. The lowest BCUT2D eigenvalue weighted by Gasteiger charge is -2.16. The molecule has 0 aliphatic rings. The van der Waals surface area contributed by atoms with Crippen LogP contribution in [0, 0.1) is 0 Å². The van der Waals surface area contributed by atoms with Gasteiger partial charge in [-0.2, -0.15) is 0 Å². The number of amides is 1. The number of carbonyl (C=O) groups is 1. The predicted molar refractivity (Wildman–Crippen MR) is 123 cm³/mol. The first kappa shape index (κ1) is 23.3. The molecule has 0 spiro atoms. The monoisotopic (exact) mass is 440 g/mol. The summed E-state index contributed by atoms with van der Waals surface area (Å²) in [5.74, 6) is 0.229. The Morgan fingerprint density at radius 1 is 1.19 bits per heavy atom. The number of ether oxygens (including phenoxy) is 2. The van der Waals surface area contributed by atoms with Crippen molar-refractivity contribution >= 4 is 22.6 Å². The first-order valence-electron chi connectivity index (χ1n) is 10.5. The molecule has 0 bridgehead atoms. The van der Waals surface area contributed by atoms with Gasteiger partial charge in [-0.15, -0.1) is 0 Å². The van der Waals surface area contributed by atoms with E-state index in [9.17, 15) is 9.59 Å². The van der Waals surface area contributed by atoms with Crippen molar-refractivity contribution in [1.29, 1.82) is 0 Å². The van der Waals surface area contributed by atoms with Crippen molar-refractivity contribution in [3.8, 4) is 11.5 Å². The fourth-order valence-corrected chi connectivity index (χ4v) is 3.07. The Morgan fingerprint density at radius 2 is 1.94 bits per heavy atom. The Labute approximate surface area is 186 Å². The SMILES string of the molecule is CC[C@H](C)Oc1c(OC)ccc2cc(C(=O)Nc3ccc(CNCCO)cc3)c(=O)oc12. The molecule has 2 aromatic carbocycles. The van der Waals surface area contributed by atoms with E-state index in [1.165, 1.54) is 13.2 Å². The fourth-order valence-electron chi connectivity index (χ4n) is 3.07. The van der Waals surface area contributed by atoms with Gasteiger partial charge in [0, 0.05) is 24.2 Å². The molecule has 8 heteroatoms. The molecule has 1 heterocycles. The van der Waals surface area contributed by atoms with Gasteiger partial charge in [0.05, 0.1) is 19.8 Å². The Hall–Kier alpha value is -3.36. The molecule has 0 unspecified atom stereocenters. The molecule has 0 fully saturated rings. The number of hydrogen-bond acceptors (Lipinski definition) is 7. The first-order valence-corrected chi connectivity index (χ1v) is 10.5. The molecule has 3 N–H and O–H groups in total. The maximum atomic E-state index is 12.7. The van der Waals surface area contributed by atoms with Crippen LogP contribution in [0.4, 0.5) is 5.69 Å². The average molecular weight is 440 g/mol. The third kappa shape index (κ3) is 5.46. The minimum atomic E-state index is -0.762. The second kappa shape index (κ2) is 10.8. The van der Waals surface area contributed by atoms with E-state index in [0.717, 1.165) is 12.0 Å². The van der Waals surface area contributed by atoms with E-state index in [4.69, 9.17) is 19.0 Å². The summed E-state index contributed by atoms with van der Waals surface area (Å²) in [4.78, 5) is 25.4. The van der Waals surface area contributed by atoms with Crippen LogP contribution in [-0.4, -0.2) is 37.4 Å². The van der Waals surface area contributed by atoms with Gasteiger partial charge < -0.3 is 29.6 Å². The molecule has 8 nitrogen and oxygen atoms in total. The molecular formula is C24H28N2O6. The van der Waals surface area contributed by atoms with Crippen LogP contribution in [0.5, 0.6) is 11.5 Å². The van der Waals surface area contributed by atoms with Crippen LogP contribution in [0.3, 0.4) is 0 Å². The summed E-state index contributed by atoms with van der Waals surface area (Å²) in [6.45, 7) is 5.07. The van der Waals surface area contributed by atoms with Crippen LogP contribution < -0.4 is 25.7 Å². The largest absolute Gasteiger partial charge is 0.493 e. The highest BCUT2D eigenvalue weighted by Gasteiger charge is 2.19. The second-order valence-electron chi connectivity index (χ2n) is 7.35. The number of methoxy groups -OCH3 is 1. The van der Waals surface area contributed by atoms with E-state index in [-0.39, 0.29) is 23.9 Å². The summed E-state index contributed by atoms with van der Waals surface area (Å²) in [6, 6.07) is 12.1. The predicted octanol–water partition coefficient (Wildman–Crippen LogP) is 3.31. The number of carbonyl (C=O) groups excluding carboxylic acids is 1. The molecule has 0 aliphatic heterocycles. The summed E-state index contributed by atoms with van der Waals surface area (Å²) in [6.07, 6.45) is 0.658. The van der Waals surface area contributed by atoms with Crippen molar-refractivity contribution in [2.75, 3.05) is 25.6 Å². The number of nitrogens with one attached hydrogen (secondary N) is 2. The number of aliphatic hydroxyl groups excluding tert-OH is 1. The van der Waals surface area contributed by atoms with Crippen molar-refractivity contribution in [2.45, 2.75) is 32.9 Å². The topological polar surface area (TPSA) is 110 Å². The Morgan fingerprint density at radius 3 is 2.59 bits per heavy atom. The van der Waals surface area contributed by atoms with E-state index in [1.807, 2.05) is 26.0 Å². The standard InChI is InChI=1S/C24H28N2O6/c1-4-15(2)31-22-20(30-3)10-7-17-13-19(24(29)32-21(17)22)23(28)26-18-8-5-16(6-9-18)14-25-11-12-27/h5-10,13,15,25,27H,4,11-12,14H2,1-3H3,(H,26,28)/t15-/m0/s1. The smallest absolute Gasteiger partial charge is 0.349 e. The lowest BCUT2D eigenvalue weighted by Crippen LogP contribution is -2.21. The zero-order valence-corrected chi connectivity index (χ0v) is 18.4. The molecule has 1 atom stereocenters. The molecule has 1 amide bonds. The zero-order valence-electron chi connectivity index (χ0n) is 18.4. The molecule has 3 rings (SSSR count). The highest BCUT2D eigenvalue weighted by atomic mass is 16.5. The molecule has 0 radical (unpaired) electrons. The van der Waals surface area contributed by atoms with E-state index in [0.29, 0.717) is 35.7 Å². The van der Waals surface area contributed by atoms with Crippen LogP contribution in [0.25, 0.3) is 11.0 Å². The Balaban J connectivity index is 1.85. The normalized spacial score (nSPS) is 11.9. The minimum Gasteiger partial charge on any atom is -0.493 e. The van der Waals surface area contributed by atoms with Crippen LogP contribution in [0.1, 0.15) is 36.2 Å². The molecule has 1 aromatic heterocycles. The lowest BCUT2D eigenvalue weighted by molar-refractivity contribution is 0.102. The van der Waals surface area contributed by atoms with Gasteiger partial charge in [0.1, 0.15) is 5.56 Å². The highest BCUT2D eigenvalue weighted by molar-refractivity contribution is 6.05. The number of benzene rings is 2. The van der Waals surface area contributed by atoms with Crippen molar-refractivity contribution in [2.24, 2.45) is 0 Å². The van der Waals surface area contributed by atoms with Crippen molar-refractivity contribution in [1.82, 2.24) is 5.32 Å². The summed E-state index contributed by atoms with van der Waals surface area (Å²) >= 11 is 0. The summed E-state index contributed by atoms with van der Waals surface area (Å²) in [5, 5.41) is 15.2. The van der Waals surface area contributed by atoms with E-state index in [2.05, 4.69) is 10.6 Å². The molecule has 3 aromatic rings. The fraction of sp³-hybridized carbons (Fsp3) is 0.333. The molecule has 0 saturated carbocycles. The number of hydrogen-bond donors (Lipinski definition) is 3. The van der Waals surface area contributed by atoms with E-state index >= 15 is 0 Å². The summed E-state index contributed by atoms with van der Waals surface area (Å²) in [5.41, 5.74) is 0.930. The summed E-state index contributed by atoms with van der Waals surface area (Å²) < 4.78 is 16.8. The maximum Gasteiger partial charge on any atom is 0.349 e. The average Bonchev–Trinajstić information content (AvgIpc) is 2.80. The van der Waals surface area contributed by atoms with Gasteiger partial charge in [0.15, 0.2) is 11.3 Å². The number of rotatable bonds is 10. The Kier molecular flexibility index (Phi) is 7.86. The van der Waals surface area contributed by atoms with Crippen LogP contribution in [0.2, 0.25) is 0 Å². The van der Waals surface area contributed by atoms with E-state index in [1.54, 1.807) is 24.3 Å². The highest BCUT2D eigenvalue weighted by Crippen LogP contribution is 2.36. The van der Waals surface area contributed by atoms with Gasteiger partial charge in [-0.3, -0.25) is 4.79 Å². The molecule has 0 saturated heterocycles. The third-order valence-electron chi connectivity index (χ3n) is 5.01. The van der Waals surface area contributed by atoms with Gasteiger partial charge in [-0.05, 0) is 49.2 Å². The number of aliphatic hydroxyl groups is 1. The van der Waals surface area contributed by atoms with Crippen molar-refractivity contribution in [3.05, 3.63) is 64.0 Å². The Bertz CT molecular complexity index is 1120. The molecule has 0 aliphatic carbocycles. The van der Waals surface area contributed by atoms with Crippen LogP contribution in [0.15, 0.2) is 51.7 Å². The van der Waals surface area contributed by atoms with Gasteiger partial charge in [0.2, 0.25) is 5.75 Å². The zero-order chi connectivity index (χ0) is 23.1. The number of fused-ring (bicyclic) bond motifs is 1. The van der Waals surface area contributed by atoms with Gasteiger partial charge in [-0.25, -0.2) is 4.79 Å². The van der Waals surface area contributed by atoms with Gasteiger partial charge in [-0.1, -0.05) is 19.1 Å². The van der Waals surface area contributed by atoms with Gasteiger partial charge >= 0.3 is 5.63 Å². The minimum absolute atomic E-state index is 0.0700. The van der Waals surface area contributed by atoms with Crippen molar-refractivity contribution < 1.29 is 23.8 Å². The number of anilines is 1. The van der Waals surface area contributed by atoms with Crippen LogP contribution >= 0.6 is 0 Å². The molecular weight excluding hydrogens is 412 g/mol. The van der Waals surface area contributed by atoms with Crippen LogP contribution in [-0.2, 0) is 6.54 Å². The van der Waals surface area contributed by atoms with E-state index < -0.39 is 11.5 Å².